The van der Waals surface area contributed by atoms with Crippen molar-refractivity contribution in [1.29, 1.82) is 0 Å². The lowest BCUT2D eigenvalue weighted by Gasteiger charge is -2.12. The molecule has 0 saturated heterocycles. The molecule has 0 radical (unpaired) electrons. The van der Waals surface area contributed by atoms with Crippen molar-refractivity contribution in [2.45, 2.75) is 26.2 Å². The molecule has 0 spiro atoms. The summed E-state index contributed by atoms with van der Waals surface area (Å²) >= 11 is 0. The van der Waals surface area contributed by atoms with Crippen LogP contribution in [-0.2, 0) is 23.6 Å². The summed E-state index contributed by atoms with van der Waals surface area (Å²) in [5, 5.41) is 0. The number of hydrogen-bond donors (Lipinski definition) is 0. The molecular formula is C12H18N2O4. The van der Waals surface area contributed by atoms with E-state index in [0.717, 1.165) is 4.57 Å². The van der Waals surface area contributed by atoms with Gasteiger partial charge < -0.3 is 9.30 Å². The van der Waals surface area contributed by atoms with Gasteiger partial charge in [-0.15, -0.1) is 0 Å². The fraction of sp³-hybridized carbons (Fsp3) is 0.583. The van der Waals surface area contributed by atoms with Crippen LogP contribution in [0.2, 0.25) is 0 Å². The number of ether oxygens (including phenoxy) is 1. The highest BCUT2D eigenvalue weighted by Gasteiger charge is 2.17. The fourth-order valence-electron chi connectivity index (χ4n) is 1.75. The van der Waals surface area contributed by atoms with Crippen LogP contribution in [0.1, 0.15) is 31.7 Å². The summed E-state index contributed by atoms with van der Waals surface area (Å²) in [4.78, 5) is 34.8. The predicted octanol–water partition coefficient (Wildman–Crippen LogP) is 0.141. The van der Waals surface area contributed by atoms with E-state index >= 15 is 0 Å². The van der Waals surface area contributed by atoms with Gasteiger partial charge >= 0.3 is 11.7 Å². The Hall–Kier alpha value is -1.85. The monoisotopic (exact) mass is 254 g/mol. The van der Waals surface area contributed by atoms with Gasteiger partial charge in [0.25, 0.3) is 5.56 Å². The summed E-state index contributed by atoms with van der Waals surface area (Å²) in [6.45, 7) is 3.81. The third-order valence-electron chi connectivity index (χ3n) is 2.78. The Morgan fingerprint density at radius 2 is 2.00 bits per heavy atom. The molecule has 0 unspecified atom stereocenters. The number of hydrogen-bond acceptors (Lipinski definition) is 4. The average Bonchev–Trinajstić information content (AvgIpc) is 2.31. The fourth-order valence-corrected chi connectivity index (χ4v) is 1.75. The second-order valence-electron chi connectivity index (χ2n) is 4.25. The molecule has 1 atom stereocenters. The van der Waals surface area contributed by atoms with Crippen LogP contribution < -0.4 is 11.2 Å². The van der Waals surface area contributed by atoms with Gasteiger partial charge in [-0.05, 0) is 12.8 Å². The third-order valence-corrected chi connectivity index (χ3v) is 2.78. The lowest BCUT2D eigenvalue weighted by Crippen LogP contribution is -2.39. The molecule has 1 rings (SSSR count). The van der Waals surface area contributed by atoms with Gasteiger partial charge in [-0.25, -0.2) is 4.79 Å². The molecule has 0 saturated carbocycles. The molecule has 0 aliphatic carbocycles. The highest BCUT2D eigenvalue weighted by Crippen LogP contribution is 2.14. The first-order valence-electron chi connectivity index (χ1n) is 5.80. The van der Waals surface area contributed by atoms with Crippen molar-refractivity contribution in [2.75, 3.05) is 6.61 Å². The minimum atomic E-state index is -0.382. The first kappa shape index (κ1) is 14.2. The Bertz CT molecular complexity index is 556. The Morgan fingerprint density at radius 1 is 1.39 bits per heavy atom. The smallest absolute Gasteiger partial charge is 0.330 e. The predicted molar refractivity (Wildman–Crippen MR) is 66.6 cm³/mol. The standard InChI is InChI=1S/C12H18N2O4/c1-5-18-10(15)6-8(2)9-7-13(3)12(17)14(4)11(9)16/h7-8H,5-6H2,1-4H3/t8-/m1/s1. The lowest BCUT2D eigenvalue weighted by molar-refractivity contribution is -0.143. The van der Waals surface area contributed by atoms with E-state index in [2.05, 4.69) is 0 Å². The molecule has 18 heavy (non-hydrogen) atoms. The minimum Gasteiger partial charge on any atom is -0.466 e. The zero-order valence-corrected chi connectivity index (χ0v) is 11.1. The van der Waals surface area contributed by atoms with Crippen molar-refractivity contribution in [3.8, 4) is 0 Å². The van der Waals surface area contributed by atoms with Crippen LogP contribution >= 0.6 is 0 Å². The maximum atomic E-state index is 11.9. The quantitative estimate of drug-likeness (QED) is 0.717. The molecule has 6 heteroatoms. The summed E-state index contributed by atoms with van der Waals surface area (Å²) in [6.07, 6.45) is 1.61. The van der Waals surface area contributed by atoms with Crippen molar-refractivity contribution in [3.63, 3.8) is 0 Å². The number of carbonyl (C=O) groups excluding carboxylic acids is 1. The minimum absolute atomic E-state index is 0.126. The van der Waals surface area contributed by atoms with E-state index in [1.54, 1.807) is 20.9 Å². The summed E-state index contributed by atoms with van der Waals surface area (Å²) in [7, 11) is 2.99. The van der Waals surface area contributed by atoms with Crippen molar-refractivity contribution in [3.05, 3.63) is 32.6 Å². The van der Waals surface area contributed by atoms with E-state index in [-0.39, 0.29) is 29.6 Å². The van der Waals surface area contributed by atoms with Gasteiger partial charge in [0.05, 0.1) is 13.0 Å². The number of aryl methyl sites for hydroxylation is 1. The van der Waals surface area contributed by atoms with E-state index in [0.29, 0.717) is 12.2 Å². The van der Waals surface area contributed by atoms with Crippen LogP contribution in [0.4, 0.5) is 0 Å². The highest BCUT2D eigenvalue weighted by atomic mass is 16.5. The highest BCUT2D eigenvalue weighted by molar-refractivity contribution is 5.70. The number of rotatable bonds is 4. The van der Waals surface area contributed by atoms with Gasteiger partial charge in [-0.2, -0.15) is 0 Å². The van der Waals surface area contributed by atoms with Crippen LogP contribution in [0.5, 0.6) is 0 Å². The van der Waals surface area contributed by atoms with E-state index < -0.39 is 0 Å². The summed E-state index contributed by atoms with van der Waals surface area (Å²) < 4.78 is 7.21. The zero-order chi connectivity index (χ0) is 13.9. The van der Waals surface area contributed by atoms with Crippen molar-refractivity contribution in [2.24, 2.45) is 14.1 Å². The lowest BCUT2D eigenvalue weighted by atomic mass is 10.0. The molecule has 1 aromatic heterocycles. The van der Waals surface area contributed by atoms with Gasteiger partial charge in [-0.1, -0.05) is 6.92 Å². The first-order chi connectivity index (χ1) is 8.38. The van der Waals surface area contributed by atoms with E-state index in [9.17, 15) is 14.4 Å². The first-order valence-corrected chi connectivity index (χ1v) is 5.80. The van der Waals surface area contributed by atoms with E-state index in [1.807, 2.05) is 0 Å². The summed E-state index contributed by atoms with van der Waals surface area (Å²) in [5.74, 6) is -0.629. The maximum Gasteiger partial charge on any atom is 0.330 e. The molecule has 0 N–H and O–H groups in total. The molecule has 0 amide bonds. The van der Waals surface area contributed by atoms with Crippen molar-refractivity contribution >= 4 is 5.97 Å². The normalized spacial score (nSPS) is 12.2. The molecule has 0 aromatic carbocycles. The van der Waals surface area contributed by atoms with Gasteiger partial charge in [0.1, 0.15) is 0 Å². The third kappa shape index (κ3) is 2.88. The molecule has 0 bridgehead atoms. The largest absolute Gasteiger partial charge is 0.466 e. The van der Waals surface area contributed by atoms with Crippen LogP contribution in [-0.4, -0.2) is 21.7 Å². The van der Waals surface area contributed by atoms with Gasteiger partial charge in [-0.3, -0.25) is 14.2 Å². The van der Waals surface area contributed by atoms with Crippen LogP contribution in [0.25, 0.3) is 0 Å². The van der Waals surface area contributed by atoms with Crippen LogP contribution in [0.15, 0.2) is 15.8 Å². The number of esters is 1. The number of nitrogens with zero attached hydrogens (tertiary/aromatic N) is 2. The van der Waals surface area contributed by atoms with Crippen molar-refractivity contribution < 1.29 is 9.53 Å². The Balaban J connectivity index is 3.07. The van der Waals surface area contributed by atoms with Gasteiger partial charge in [0, 0.05) is 25.9 Å². The Labute approximate surface area is 105 Å². The topological polar surface area (TPSA) is 70.3 Å². The molecule has 0 aliphatic rings. The molecule has 0 aliphatic heterocycles. The molecule has 0 fully saturated rings. The van der Waals surface area contributed by atoms with Crippen molar-refractivity contribution in [1.82, 2.24) is 9.13 Å². The van der Waals surface area contributed by atoms with Crippen LogP contribution in [0, 0.1) is 0 Å². The second-order valence-corrected chi connectivity index (χ2v) is 4.25. The van der Waals surface area contributed by atoms with Gasteiger partial charge in [0.15, 0.2) is 0 Å². The Morgan fingerprint density at radius 3 is 2.56 bits per heavy atom. The molecule has 1 aromatic rings. The van der Waals surface area contributed by atoms with E-state index in [4.69, 9.17) is 4.74 Å². The summed E-state index contributed by atoms with van der Waals surface area (Å²) in [5.41, 5.74) is -0.311. The maximum absolute atomic E-state index is 11.9. The summed E-state index contributed by atoms with van der Waals surface area (Å²) in [6, 6.07) is 0. The number of carbonyl (C=O) groups is 1. The second kappa shape index (κ2) is 5.66. The van der Waals surface area contributed by atoms with E-state index in [1.165, 1.54) is 17.8 Å². The Kier molecular flexibility index (Phi) is 4.47. The molecule has 1 heterocycles. The number of aromatic nitrogens is 2. The average molecular weight is 254 g/mol. The molecular weight excluding hydrogens is 236 g/mol. The molecule has 100 valence electrons. The molecule has 6 nitrogen and oxygen atoms in total. The van der Waals surface area contributed by atoms with Crippen LogP contribution in [0.3, 0.4) is 0 Å². The SMILES string of the molecule is CCOC(=O)C[C@@H](C)c1cn(C)c(=O)n(C)c1=O. The van der Waals surface area contributed by atoms with Gasteiger partial charge in [0.2, 0.25) is 0 Å². The zero-order valence-electron chi connectivity index (χ0n) is 11.1.